The molecule has 6 nitrogen and oxygen atoms in total. The van der Waals surface area contributed by atoms with Crippen LogP contribution in [0.2, 0.25) is 0 Å². The molecule has 0 aliphatic carbocycles. The second kappa shape index (κ2) is 9.41. The fourth-order valence-corrected chi connectivity index (χ4v) is 3.44. The van der Waals surface area contributed by atoms with E-state index in [-0.39, 0.29) is 5.91 Å². The molecule has 6 heteroatoms. The van der Waals surface area contributed by atoms with E-state index in [1.807, 2.05) is 48.5 Å². The van der Waals surface area contributed by atoms with Crippen LogP contribution in [0.25, 0.3) is 0 Å². The van der Waals surface area contributed by atoms with Crippen LogP contribution in [0.1, 0.15) is 33.8 Å². The lowest BCUT2D eigenvalue weighted by molar-refractivity contribution is 0.0950. The van der Waals surface area contributed by atoms with Crippen LogP contribution in [0.3, 0.4) is 0 Å². The van der Waals surface area contributed by atoms with Gasteiger partial charge in [0.05, 0.1) is 13.7 Å². The van der Waals surface area contributed by atoms with Crippen LogP contribution in [-0.2, 0) is 11.3 Å². The van der Waals surface area contributed by atoms with Crippen molar-refractivity contribution in [3.05, 3.63) is 83.6 Å². The number of methoxy groups -OCH3 is 1. The van der Waals surface area contributed by atoms with Gasteiger partial charge in [0.1, 0.15) is 11.5 Å². The van der Waals surface area contributed by atoms with Crippen molar-refractivity contribution in [2.24, 2.45) is 0 Å². The number of aromatic nitrogens is 1. The summed E-state index contributed by atoms with van der Waals surface area (Å²) in [6.45, 7) is 1.80. The second-order valence-electron chi connectivity index (χ2n) is 7.12. The molecule has 1 aliphatic rings. The van der Waals surface area contributed by atoms with Gasteiger partial charge < -0.3 is 19.5 Å². The largest absolute Gasteiger partial charge is 0.497 e. The molecule has 1 saturated heterocycles. The molecule has 2 aromatic carbocycles. The van der Waals surface area contributed by atoms with E-state index in [0.29, 0.717) is 42.0 Å². The van der Waals surface area contributed by atoms with E-state index in [9.17, 15) is 4.79 Å². The van der Waals surface area contributed by atoms with E-state index in [2.05, 4.69) is 16.4 Å². The lowest BCUT2D eigenvalue weighted by atomic mass is 9.96. The van der Waals surface area contributed by atoms with Crippen LogP contribution in [0.5, 0.6) is 17.4 Å². The van der Waals surface area contributed by atoms with Crippen LogP contribution in [0.4, 0.5) is 0 Å². The molecule has 30 heavy (non-hydrogen) atoms. The first-order chi connectivity index (χ1) is 14.7. The molecule has 0 saturated carbocycles. The third kappa shape index (κ3) is 4.78. The highest BCUT2D eigenvalue weighted by Crippen LogP contribution is 2.27. The van der Waals surface area contributed by atoms with E-state index in [1.165, 1.54) is 0 Å². The van der Waals surface area contributed by atoms with Crippen molar-refractivity contribution in [3.63, 3.8) is 0 Å². The third-order valence-electron chi connectivity index (χ3n) is 5.09. The molecule has 0 spiro atoms. The quantitative estimate of drug-likeness (QED) is 0.635. The minimum atomic E-state index is -0.132. The van der Waals surface area contributed by atoms with E-state index in [0.717, 1.165) is 24.2 Å². The normalized spacial score (nSPS) is 15.6. The van der Waals surface area contributed by atoms with Crippen LogP contribution >= 0.6 is 0 Å². The smallest absolute Gasteiger partial charge is 0.251 e. The third-order valence-corrected chi connectivity index (χ3v) is 5.09. The standard InChI is InChI=1S/C24H24N2O4/c1-28-21-8-3-9-22(14-21)30-24-19(7-4-11-25-24)15-26-23(27)18-6-2-5-17(13-18)20-10-12-29-16-20/h2-9,11,13-14,20H,10,12,15-16H2,1H3,(H,26,27). The first kappa shape index (κ1) is 19.9. The fourth-order valence-electron chi connectivity index (χ4n) is 3.44. The van der Waals surface area contributed by atoms with Crippen molar-refractivity contribution >= 4 is 5.91 Å². The van der Waals surface area contributed by atoms with Gasteiger partial charge >= 0.3 is 0 Å². The minimum Gasteiger partial charge on any atom is -0.497 e. The van der Waals surface area contributed by atoms with Gasteiger partial charge in [0.15, 0.2) is 0 Å². The maximum absolute atomic E-state index is 12.7. The molecule has 0 radical (unpaired) electrons. The summed E-state index contributed by atoms with van der Waals surface area (Å²) in [7, 11) is 1.61. The molecule has 1 N–H and O–H groups in total. The average molecular weight is 404 g/mol. The summed E-state index contributed by atoms with van der Waals surface area (Å²) < 4.78 is 16.6. The van der Waals surface area contributed by atoms with Gasteiger partial charge in [-0.3, -0.25) is 4.79 Å². The Morgan fingerprint density at radius 3 is 2.83 bits per heavy atom. The summed E-state index contributed by atoms with van der Waals surface area (Å²) in [4.78, 5) is 17.0. The monoisotopic (exact) mass is 404 g/mol. The summed E-state index contributed by atoms with van der Waals surface area (Å²) in [5.74, 6) is 1.99. The molecule has 1 atom stereocenters. The Kier molecular flexibility index (Phi) is 6.25. The van der Waals surface area contributed by atoms with Crippen LogP contribution < -0.4 is 14.8 Å². The number of nitrogens with zero attached hydrogens (tertiary/aromatic N) is 1. The summed E-state index contributed by atoms with van der Waals surface area (Å²) in [6, 6.07) is 18.8. The van der Waals surface area contributed by atoms with Crippen molar-refractivity contribution in [1.29, 1.82) is 0 Å². The topological polar surface area (TPSA) is 69.7 Å². The summed E-state index contributed by atoms with van der Waals surface area (Å²) in [5, 5.41) is 2.97. The fraction of sp³-hybridized carbons (Fsp3) is 0.250. The van der Waals surface area contributed by atoms with Gasteiger partial charge in [0.2, 0.25) is 5.88 Å². The molecule has 1 amide bonds. The van der Waals surface area contributed by atoms with Gasteiger partial charge in [-0.1, -0.05) is 24.3 Å². The van der Waals surface area contributed by atoms with Gasteiger partial charge in [0, 0.05) is 42.5 Å². The van der Waals surface area contributed by atoms with Crippen molar-refractivity contribution in [1.82, 2.24) is 10.3 Å². The lowest BCUT2D eigenvalue weighted by Crippen LogP contribution is -2.23. The number of hydrogen-bond donors (Lipinski definition) is 1. The Bertz CT molecular complexity index is 1020. The number of amides is 1. The van der Waals surface area contributed by atoms with Gasteiger partial charge in [-0.2, -0.15) is 0 Å². The number of rotatable bonds is 7. The predicted octanol–water partition coefficient (Wildman–Crippen LogP) is 4.32. The number of benzene rings is 2. The zero-order chi connectivity index (χ0) is 20.8. The number of ether oxygens (including phenoxy) is 3. The number of hydrogen-bond acceptors (Lipinski definition) is 5. The van der Waals surface area contributed by atoms with E-state index in [4.69, 9.17) is 14.2 Å². The molecule has 4 rings (SSSR count). The number of pyridine rings is 1. The first-order valence-electron chi connectivity index (χ1n) is 9.94. The van der Waals surface area contributed by atoms with E-state index < -0.39 is 0 Å². The molecule has 1 aromatic heterocycles. The van der Waals surface area contributed by atoms with Gasteiger partial charge in [-0.25, -0.2) is 4.98 Å². The summed E-state index contributed by atoms with van der Waals surface area (Å²) in [6.07, 6.45) is 2.65. The zero-order valence-electron chi connectivity index (χ0n) is 16.8. The SMILES string of the molecule is COc1cccc(Oc2ncccc2CNC(=O)c2cccc(C3CCOC3)c2)c1. The Balaban J connectivity index is 1.44. The molecular weight excluding hydrogens is 380 g/mol. The molecule has 3 aromatic rings. The molecule has 0 bridgehead atoms. The molecular formula is C24H24N2O4. The Hall–Kier alpha value is -3.38. The van der Waals surface area contributed by atoms with Crippen molar-refractivity contribution in [2.45, 2.75) is 18.9 Å². The van der Waals surface area contributed by atoms with Crippen molar-refractivity contribution in [2.75, 3.05) is 20.3 Å². The predicted molar refractivity (Wildman–Crippen MR) is 113 cm³/mol. The lowest BCUT2D eigenvalue weighted by Gasteiger charge is -2.12. The average Bonchev–Trinajstić information content (AvgIpc) is 3.34. The highest BCUT2D eigenvalue weighted by atomic mass is 16.5. The van der Waals surface area contributed by atoms with Gasteiger partial charge in [0.25, 0.3) is 5.91 Å². The maximum Gasteiger partial charge on any atom is 0.251 e. The van der Waals surface area contributed by atoms with Crippen LogP contribution in [0, 0.1) is 0 Å². The van der Waals surface area contributed by atoms with Crippen molar-refractivity contribution < 1.29 is 19.0 Å². The highest BCUT2D eigenvalue weighted by molar-refractivity contribution is 5.94. The second-order valence-corrected chi connectivity index (χ2v) is 7.12. The van der Waals surface area contributed by atoms with Gasteiger partial charge in [-0.05, 0) is 42.3 Å². The first-order valence-corrected chi connectivity index (χ1v) is 9.94. The molecule has 2 heterocycles. The zero-order valence-corrected chi connectivity index (χ0v) is 16.8. The van der Waals surface area contributed by atoms with E-state index >= 15 is 0 Å². The van der Waals surface area contributed by atoms with Crippen molar-refractivity contribution in [3.8, 4) is 17.4 Å². The molecule has 1 fully saturated rings. The van der Waals surface area contributed by atoms with Crippen LogP contribution in [-0.4, -0.2) is 31.2 Å². The molecule has 1 unspecified atom stereocenters. The Morgan fingerprint density at radius 2 is 2.00 bits per heavy atom. The Labute approximate surface area is 175 Å². The summed E-state index contributed by atoms with van der Waals surface area (Å²) in [5.41, 5.74) is 2.57. The van der Waals surface area contributed by atoms with E-state index in [1.54, 1.807) is 19.4 Å². The maximum atomic E-state index is 12.7. The van der Waals surface area contributed by atoms with Crippen LogP contribution in [0.15, 0.2) is 66.9 Å². The summed E-state index contributed by atoms with van der Waals surface area (Å²) >= 11 is 0. The van der Waals surface area contributed by atoms with Gasteiger partial charge in [-0.15, -0.1) is 0 Å². The minimum absolute atomic E-state index is 0.132. The number of carbonyl (C=O) groups is 1. The molecule has 154 valence electrons. The number of carbonyl (C=O) groups excluding carboxylic acids is 1. The molecule has 1 aliphatic heterocycles. The Morgan fingerprint density at radius 1 is 1.13 bits per heavy atom. The number of nitrogens with one attached hydrogen (secondary N) is 1. The highest BCUT2D eigenvalue weighted by Gasteiger charge is 2.19.